The molecule has 1 saturated heterocycles. The fourth-order valence-electron chi connectivity index (χ4n) is 4.21. The zero-order valence-corrected chi connectivity index (χ0v) is 19.0. The molecule has 2 N–H and O–H groups in total. The Morgan fingerprint density at radius 2 is 2.00 bits per heavy atom. The number of rotatable bonds is 7. The maximum Gasteiger partial charge on any atom is 0.191 e. The van der Waals surface area contributed by atoms with Crippen molar-refractivity contribution in [1.29, 1.82) is 0 Å². The van der Waals surface area contributed by atoms with E-state index < -0.39 is 0 Å². The van der Waals surface area contributed by atoms with Crippen LogP contribution in [0.1, 0.15) is 42.6 Å². The molecule has 0 saturated carbocycles. The Balaban J connectivity index is 1.44. The SMILES string of the molecule is CCNC(=NCc1ccccc1-n1ccnc1)NCC1CCCOC1c1ccc(C)cc1. The summed E-state index contributed by atoms with van der Waals surface area (Å²) in [6.45, 7) is 7.27. The minimum Gasteiger partial charge on any atom is -0.373 e. The number of hydrogen-bond acceptors (Lipinski definition) is 3. The normalized spacial score (nSPS) is 19.0. The van der Waals surface area contributed by atoms with Crippen molar-refractivity contribution in [2.24, 2.45) is 10.9 Å². The molecule has 0 bridgehead atoms. The second-order valence-corrected chi connectivity index (χ2v) is 8.28. The average molecular weight is 432 g/mol. The van der Waals surface area contributed by atoms with Gasteiger partial charge in [-0.15, -0.1) is 0 Å². The van der Waals surface area contributed by atoms with Crippen LogP contribution in [0.3, 0.4) is 0 Å². The number of imidazole rings is 1. The third kappa shape index (κ3) is 5.56. The van der Waals surface area contributed by atoms with E-state index in [1.165, 1.54) is 11.1 Å². The third-order valence-corrected chi connectivity index (χ3v) is 5.91. The van der Waals surface area contributed by atoms with Crippen molar-refractivity contribution in [1.82, 2.24) is 20.2 Å². The van der Waals surface area contributed by atoms with E-state index in [0.29, 0.717) is 12.5 Å². The van der Waals surface area contributed by atoms with Gasteiger partial charge >= 0.3 is 0 Å². The number of para-hydroxylation sites is 1. The van der Waals surface area contributed by atoms with Gasteiger partial charge in [-0.25, -0.2) is 9.98 Å². The molecular weight excluding hydrogens is 398 g/mol. The van der Waals surface area contributed by atoms with Gasteiger partial charge in [-0.3, -0.25) is 0 Å². The van der Waals surface area contributed by atoms with Crippen LogP contribution in [-0.4, -0.2) is 35.2 Å². The van der Waals surface area contributed by atoms with Gasteiger partial charge in [0, 0.05) is 38.0 Å². The first kappa shape index (κ1) is 22.1. The lowest BCUT2D eigenvalue weighted by molar-refractivity contribution is -0.0265. The fraction of sp³-hybridized carbons (Fsp3) is 0.385. The van der Waals surface area contributed by atoms with Crippen molar-refractivity contribution >= 4 is 5.96 Å². The molecule has 3 aromatic rings. The second-order valence-electron chi connectivity index (χ2n) is 8.28. The molecule has 4 rings (SSSR count). The van der Waals surface area contributed by atoms with Gasteiger partial charge in [0.1, 0.15) is 0 Å². The van der Waals surface area contributed by atoms with Crippen LogP contribution in [0.15, 0.2) is 72.2 Å². The molecule has 2 unspecified atom stereocenters. The highest BCUT2D eigenvalue weighted by Gasteiger charge is 2.27. The lowest BCUT2D eigenvalue weighted by Gasteiger charge is -2.32. The fourth-order valence-corrected chi connectivity index (χ4v) is 4.21. The number of nitrogens with one attached hydrogen (secondary N) is 2. The monoisotopic (exact) mass is 431 g/mol. The first-order valence-corrected chi connectivity index (χ1v) is 11.5. The summed E-state index contributed by atoms with van der Waals surface area (Å²) >= 11 is 0. The zero-order valence-electron chi connectivity index (χ0n) is 19.0. The van der Waals surface area contributed by atoms with Crippen molar-refractivity contribution < 1.29 is 4.74 Å². The summed E-state index contributed by atoms with van der Waals surface area (Å²) in [6, 6.07) is 17.0. The summed E-state index contributed by atoms with van der Waals surface area (Å²) < 4.78 is 8.21. The first-order chi connectivity index (χ1) is 15.7. The molecule has 0 spiro atoms. The molecule has 1 aliphatic heterocycles. The highest BCUT2D eigenvalue weighted by Crippen LogP contribution is 2.33. The van der Waals surface area contributed by atoms with E-state index in [1.54, 1.807) is 6.20 Å². The molecule has 1 fully saturated rings. The summed E-state index contributed by atoms with van der Waals surface area (Å²) in [5.74, 6) is 1.25. The van der Waals surface area contributed by atoms with E-state index >= 15 is 0 Å². The number of guanidine groups is 1. The van der Waals surface area contributed by atoms with E-state index in [9.17, 15) is 0 Å². The molecule has 2 aromatic carbocycles. The van der Waals surface area contributed by atoms with E-state index in [-0.39, 0.29) is 6.10 Å². The van der Waals surface area contributed by atoms with Gasteiger partial charge in [0.25, 0.3) is 0 Å². The quantitative estimate of drug-likeness (QED) is 0.430. The van der Waals surface area contributed by atoms with Gasteiger partial charge in [-0.1, -0.05) is 48.0 Å². The number of aromatic nitrogens is 2. The van der Waals surface area contributed by atoms with Crippen LogP contribution in [0.2, 0.25) is 0 Å². The number of hydrogen-bond donors (Lipinski definition) is 2. The van der Waals surface area contributed by atoms with Crippen molar-refractivity contribution in [2.45, 2.75) is 39.3 Å². The zero-order chi connectivity index (χ0) is 22.2. The topological polar surface area (TPSA) is 63.5 Å². The first-order valence-electron chi connectivity index (χ1n) is 11.5. The predicted molar refractivity (Wildman–Crippen MR) is 129 cm³/mol. The van der Waals surface area contributed by atoms with Crippen LogP contribution in [0, 0.1) is 12.8 Å². The summed E-state index contributed by atoms with van der Waals surface area (Å²) in [7, 11) is 0. The van der Waals surface area contributed by atoms with Crippen LogP contribution in [0.25, 0.3) is 5.69 Å². The molecule has 2 atom stereocenters. The maximum atomic E-state index is 6.19. The minimum absolute atomic E-state index is 0.127. The van der Waals surface area contributed by atoms with E-state index in [2.05, 4.69) is 71.9 Å². The molecule has 6 nitrogen and oxygen atoms in total. The van der Waals surface area contributed by atoms with Crippen molar-refractivity contribution in [3.8, 4) is 5.69 Å². The third-order valence-electron chi connectivity index (χ3n) is 5.91. The average Bonchev–Trinajstić information content (AvgIpc) is 3.37. The van der Waals surface area contributed by atoms with E-state index in [4.69, 9.17) is 9.73 Å². The highest BCUT2D eigenvalue weighted by atomic mass is 16.5. The van der Waals surface area contributed by atoms with Crippen LogP contribution >= 0.6 is 0 Å². The van der Waals surface area contributed by atoms with Crippen LogP contribution in [0.5, 0.6) is 0 Å². The molecule has 0 radical (unpaired) electrons. The molecule has 0 amide bonds. The van der Waals surface area contributed by atoms with Crippen LogP contribution in [0.4, 0.5) is 0 Å². The Hall–Kier alpha value is -3.12. The van der Waals surface area contributed by atoms with E-state index in [1.807, 2.05) is 23.2 Å². The van der Waals surface area contributed by atoms with Gasteiger partial charge in [-0.05, 0) is 43.9 Å². The molecule has 168 valence electrons. The number of aliphatic imine (C=N–C) groups is 1. The molecule has 1 aromatic heterocycles. The standard InChI is InChI=1S/C26H33N5O/c1-3-28-26(29-17-22-7-4-5-9-24(22)31-15-14-27-19-31)30-18-23-8-6-16-32-25(23)21-12-10-20(2)11-13-21/h4-5,7,9-15,19,23,25H,3,6,8,16-18H2,1-2H3,(H2,28,29,30). The number of benzene rings is 2. The molecule has 32 heavy (non-hydrogen) atoms. The lowest BCUT2D eigenvalue weighted by Crippen LogP contribution is -2.42. The van der Waals surface area contributed by atoms with E-state index in [0.717, 1.165) is 49.7 Å². The Labute approximate surface area is 190 Å². The Morgan fingerprint density at radius 1 is 1.16 bits per heavy atom. The maximum absolute atomic E-state index is 6.19. The molecular formula is C26H33N5O. The number of aryl methyl sites for hydroxylation is 1. The Bertz CT molecular complexity index is 997. The summed E-state index contributed by atoms with van der Waals surface area (Å²) in [4.78, 5) is 9.04. The predicted octanol–water partition coefficient (Wildman–Crippen LogP) is 4.40. The number of nitrogens with zero attached hydrogens (tertiary/aromatic N) is 3. The molecule has 0 aliphatic carbocycles. The second kappa shape index (κ2) is 11.0. The van der Waals surface area contributed by atoms with Crippen molar-refractivity contribution in [3.05, 3.63) is 83.9 Å². The number of ether oxygens (including phenoxy) is 1. The molecule has 2 heterocycles. The van der Waals surface area contributed by atoms with Crippen molar-refractivity contribution in [2.75, 3.05) is 19.7 Å². The largest absolute Gasteiger partial charge is 0.373 e. The van der Waals surface area contributed by atoms with Gasteiger partial charge in [-0.2, -0.15) is 0 Å². The van der Waals surface area contributed by atoms with Crippen LogP contribution < -0.4 is 10.6 Å². The van der Waals surface area contributed by atoms with Gasteiger partial charge in [0.2, 0.25) is 0 Å². The molecule has 1 aliphatic rings. The Morgan fingerprint density at radius 3 is 2.78 bits per heavy atom. The highest BCUT2D eigenvalue weighted by molar-refractivity contribution is 5.79. The van der Waals surface area contributed by atoms with Gasteiger partial charge in [0.15, 0.2) is 5.96 Å². The lowest BCUT2D eigenvalue weighted by atomic mass is 9.89. The summed E-state index contributed by atoms with van der Waals surface area (Å²) in [6.07, 6.45) is 7.94. The smallest absolute Gasteiger partial charge is 0.191 e. The Kier molecular flexibility index (Phi) is 7.56. The summed E-state index contributed by atoms with van der Waals surface area (Å²) in [5, 5.41) is 6.95. The minimum atomic E-state index is 0.127. The van der Waals surface area contributed by atoms with Gasteiger partial charge in [0.05, 0.1) is 24.7 Å². The van der Waals surface area contributed by atoms with Crippen molar-refractivity contribution in [3.63, 3.8) is 0 Å². The van der Waals surface area contributed by atoms with Gasteiger partial charge < -0.3 is 19.9 Å². The summed E-state index contributed by atoms with van der Waals surface area (Å²) in [5.41, 5.74) is 4.79. The van der Waals surface area contributed by atoms with Crippen LogP contribution in [-0.2, 0) is 11.3 Å². The molecule has 6 heteroatoms.